The molecule has 1 aromatic heterocycles. The number of nitrogens with zero attached hydrogens (tertiary/aromatic N) is 3. The highest BCUT2D eigenvalue weighted by atomic mass is 32.1. The zero-order valence-corrected chi connectivity index (χ0v) is 9.87. The summed E-state index contributed by atoms with van der Waals surface area (Å²) in [6.45, 7) is 3.11. The topological polar surface area (TPSA) is 69.5 Å². The number of hydrogen-bond acceptors (Lipinski definition) is 6. The van der Waals surface area contributed by atoms with E-state index in [4.69, 9.17) is 10.2 Å². The van der Waals surface area contributed by atoms with Gasteiger partial charge in [0, 0.05) is 23.9 Å². The molecule has 6 heteroatoms. The molecule has 0 saturated carbocycles. The van der Waals surface area contributed by atoms with Crippen LogP contribution in [0.2, 0.25) is 0 Å². The zero-order valence-electron chi connectivity index (χ0n) is 9.05. The molecule has 0 unspecified atom stereocenters. The van der Waals surface area contributed by atoms with E-state index in [0.29, 0.717) is 13.1 Å². The smallest absolute Gasteiger partial charge is 0.0895 e. The van der Waals surface area contributed by atoms with Crippen LogP contribution in [-0.2, 0) is 6.54 Å². The van der Waals surface area contributed by atoms with Crippen LogP contribution in [-0.4, -0.2) is 51.5 Å². The van der Waals surface area contributed by atoms with Gasteiger partial charge in [0.15, 0.2) is 0 Å². The third-order valence-corrected chi connectivity index (χ3v) is 2.81. The molecule has 0 bridgehead atoms. The number of rotatable bonds is 6. The Balaban J connectivity index is 2.44. The van der Waals surface area contributed by atoms with Gasteiger partial charge in [-0.25, -0.2) is 0 Å². The molecule has 5 nitrogen and oxygen atoms in total. The van der Waals surface area contributed by atoms with Crippen molar-refractivity contribution in [1.82, 2.24) is 14.5 Å². The second-order valence-corrected chi connectivity index (χ2v) is 4.81. The lowest BCUT2D eigenvalue weighted by Gasteiger charge is -2.29. The van der Waals surface area contributed by atoms with Crippen LogP contribution in [0.3, 0.4) is 0 Å². The quantitative estimate of drug-likeness (QED) is 0.719. The van der Waals surface area contributed by atoms with E-state index < -0.39 is 5.41 Å². The van der Waals surface area contributed by atoms with Gasteiger partial charge in [-0.3, -0.25) is 4.90 Å². The van der Waals surface area contributed by atoms with Crippen LogP contribution >= 0.6 is 11.5 Å². The fourth-order valence-electron chi connectivity index (χ4n) is 1.39. The van der Waals surface area contributed by atoms with Crippen molar-refractivity contribution < 1.29 is 10.2 Å². The predicted molar refractivity (Wildman–Crippen MR) is 58.5 cm³/mol. The lowest BCUT2D eigenvalue weighted by molar-refractivity contribution is 0.0399. The van der Waals surface area contributed by atoms with Gasteiger partial charge in [-0.2, -0.15) is 0 Å². The average Bonchev–Trinajstić information content (AvgIpc) is 2.70. The van der Waals surface area contributed by atoms with Crippen molar-refractivity contribution in [2.45, 2.75) is 13.5 Å². The van der Waals surface area contributed by atoms with Crippen molar-refractivity contribution in [3.63, 3.8) is 0 Å². The molecule has 0 amide bonds. The Labute approximate surface area is 93.5 Å². The number of hydrogen-bond donors (Lipinski definition) is 2. The molecule has 0 aliphatic heterocycles. The van der Waals surface area contributed by atoms with Crippen molar-refractivity contribution in [3.05, 3.63) is 11.1 Å². The van der Waals surface area contributed by atoms with E-state index in [2.05, 4.69) is 9.59 Å². The monoisotopic (exact) mass is 231 g/mol. The van der Waals surface area contributed by atoms with E-state index in [1.807, 2.05) is 24.3 Å². The van der Waals surface area contributed by atoms with Gasteiger partial charge in [-0.05, 0) is 18.6 Å². The third kappa shape index (κ3) is 3.83. The number of aliphatic hydroxyl groups is 2. The summed E-state index contributed by atoms with van der Waals surface area (Å²) in [5.74, 6) is 0. The largest absolute Gasteiger partial charge is 0.396 e. The minimum atomic E-state index is -0.460. The van der Waals surface area contributed by atoms with Crippen LogP contribution in [0.25, 0.3) is 0 Å². The van der Waals surface area contributed by atoms with Crippen molar-refractivity contribution in [1.29, 1.82) is 0 Å². The Morgan fingerprint density at radius 3 is 2.60 bits per heavy atom. The fourth-order valence-corrected chi connectivity index (χ4v) is 1.83. The van der Waals surface area contributed by atoms with Gasteiger partial charge < -0.3 is 10.2 Å². The fraction of sp³-hybridized carbons (Fsp3) is 0.778. The first kappa shape index (κ1) is 12.5. The average molecular weight is 231 g/mol. The van der Waals surface area contributed by atoms with Gasteiger partial charge in [-0.1, -0.05) is 11.4 Å². The van der Waals surface area contributed by atoms with Gasteiger partial charge in [-0.15, -0.1) is 5.10 Å². The Morgan fingerprint density at radius 1 is 1.47 bits per heavy atom. The van der Waals surface area contributed by atoms with Gasteiger partial charge in [0.25, 0.3) is 0 Å². The standard InChI is InChI=1S/C9H17N3O2S/c1-9(6-13,7-14)5-12(2)3-8-4-15-11-10-8/h4,13-14H,3,5-7H2,1-2H3. The predicted octanol–water partition coefficient (Wildman–Crippen LogP) is -0.0392. The summed E-state index contributed by atoms with van der Waals surface area (Å²) in [6.07, 6.45) is 0. The SMILES string of the molecule is CN(Cc1csnn1)CC(C)(CO)CO. The maximum atomic E-state index is 9.15. The van der Waals surface area contributed by atoms with E-state index in [0.717, 1.165) is 5.69 Å². The Bertz CT molecular complexity index is 275. The Morgan fingerprint density at radius 2 is 2.13 bits per heavy atom. The Kier molecular flexibility index (Phi) is 4.59. The van der Waals surface area contributed by atoms with Crippen molar-refractivity contribution in [2.24, 2.45) is 5.41 Å². The van der Waals surface area contributed by atoms with E-state index >= 15 is 0 Å². The minimum absolute atomic E-state index is 0.0246. The second-order valence-electron chi connectivity index (χ2n) is 4.20. The van der Waals surface area contributed by atoms with Crippen LogP contribution < -0.4 is 0 Å². The summed E-state index contributed by atoms with van der Waals surface area (Å²) < 4.78 is 3.78. The molecule has 1 heterocycles. The van der Waals surface area contributed by atoms with Crippen LogP contribution in [0.5, 0.6) is 0 Å². The molecule has 15 heavy (non-hydrogen) atoms. The molecule has 0 radical (unpaired) electrons. The highest BCUT2D eigenvalue weighted by molar-refractivity contribution is 7.03. The summed E-state index contributed by atoms with van der Waals surface area (Å²) in [5.41, 5.74) is 0.457. The van der Waals surface area contributed by atoms with Crippen molar-refractivity contribution >= 4 is 11.5 Å². The number of aliphatic hydroxyl groups excluding tert-OH is 2. The molecule has 0 atom stereocenters. The molecule has 0 aliphatic carbocycles. The first-order chi connectivity index (χ1) is 7.09. The molecular weight excluding hydrogens is 214 g/mol. The maximum absolute atomic E-state index is 9.15. The van der Waals surface area contributed by atoms with Gasteiger partial charge >= 0.3 is 0 Å². The van der Waals surface area contributed by atoms with Crippen LogP contribution in [0.1, 0.15) is 12.6 Å². The van der Waals surface area contributed by atoms with E-state index in [9.17, 15) is 0 Å². The highest BCUT2D eigenvalue weighted by Crippen LogP contribution is 2.16. The normalized spacial score (nSPS) is 12.3. The lowest BCUT2D eigenvalue weighted by atomic mass is 9.92. The van der Waals surface area contributed by atoms with E-state index in [1.54, 1.807) is 0 Å². The molecule has 0 saturated heterocycles. The molecule has 0 fully saturated rings. The number of aromatic nitrogens is 2. The highest BCUT2D eigenvalue weighted by Gasteiger charge is 2.24. The summed E-state index contributed by atoms with van der Waals surface area (Å²) in [4.78, 5) is 2.02. The second kappa shape index (κ2) is 5.50. The lowest BCUT2D eigenvalue weighted by Crippen LogP contribution is -2.38. The van der Waals surface area contributed by atoms with E-state index in [-0.39, 0.29) is 13.2 Å². The summed E-state index contributed by atoms with van der Waals surface area (Å²) in [7, 11) is 1.93. The molecule has 86 valence electrons. The van der Waals surface area contributed by atoms with Crippen LogP contribution in [0, 0.1) is 5.41 Å². The molecule has 0 aliphatic rings. The van der Waals surface area contributed by atoms with Gasteiger partial charge in [0.1, 0.15) is 0 Å². The summed E-state index contributed by atoms with van der Waals surface area (Å²) in [6, 6.07) is 0. The summed E-state index contributed by atoms with van der Waals surface area (Å²) >= 11 is 1.32. The van der Waals surface area contributed by atoms with Gasteiger partial charge in [0.2, 0.25) is 0 Å². The molecule has 1 aromatic rings. The maximum Gasteiger partial charge on any atom is 0.0895 e. The zero-order chi connectivity index (χ0) is 11.3. The van der Waals surface area contributed by atoms with Crippen LogP contribution in [0.15, 0.2) is 5.38 Å². The summed E-state index contributed by atoms with van der Waals surface area (Å²) in [5, 5.41) is 24.1. The van der Waals surface area contributed by atoms with Crippen LogP contribution in [0.4, 0.5) is 0 Å². The Hall–Kier alpha value is -0.560. The van der Waals surface area contributed by atoms with Gasteiger partial charge in [0.05, 0.1) is 18.9 Å². The molecule has 2 N–H and O–H groups in total. The first-order valence-corrected chi connectivity index (χ1v) is 5.59. The first-order valence-electron chi connectivity index (χ1n) is 4.76. The van der Waals surface area contributed by atoms with E-state index in [1.165, 1.54) is 11.5 Å². The molecule has 1 rings (SSSR count). The minimum Gasteiger partial charge on any atom is -0.396 e. The molecule has 0 spiro atoms. The third-order valence-electron chi connectivity index (χ3n) is 2.25. The molecular formula is C9H17N3O2S. The van der Waals surface area contributed by atoms with Crippen molar-refractivity contribution in [3.8, 4) is 0 Å². The molecule has 0 aromatic carbocycles. The van der Waals surface area contributed by atoms with Crippen molar-refractivity contribution in [2.75, 3.05) is 26.8 Å².